The van der Waals surface area contributed by atoms with Gasteiger partial charge in [-0.3, -0.25) is 4.79 Å². The lowest BCUT2D eigenvalue weighted by atomic mass is 9.80. The SMILES string of the molecule is CN(C(=O)C(C)(C)c1cc(C(C)(F)F)cc(C(F)(F)F)c1)[C@@H]1CN(C(=O)N2CCOCC2)C[C@H]1c1ccc(Cl)cc1. The molecule has 2 aliphatic heterocycles. The average molecular weight is 602 g/mol. The zero-order valence-electron chi connectivity index (χ0n) is 23.3. The largest absolute Gasteiger partial charge is 0.416 e. The minimum Gasteiger partial charge on any atom is -0.378 e. The van der Waals surface area contributed by atoms with Gasteiger partial charge in [0.2, 0.25) is 5.91 Å². The van der Waals surface area contributed by atoms with E-state index in [2.05, 4.69) is 0 Å². The van der Waals surface area contributed by atoms with Crippen LogP contribution in [0, 0.1) is 0 Å². The van der Waals surface area contributed by atoms with Crippen molar-refractivity contribution in [3.8, 4) is 0 Å². The van der Waals surface area contributed by atoms with E-state index < -0.39 is 40.6 Å². The second-order valence-corrected chi connectivity index (χ2v) is 11.7. The zero-order chi connectivity index (χ0) is 30.3. The average Bonchev–Trinajstić information content (AvgIpc) is 3.37. The molecule has 6 nitrogen and oxygen atoms in total. The van der Waals surface area contributed by atoms with Crippen molar-refractivity contribution in [1.82, 2.24) is 14.7 Å². The van der Waals surface area contributed by atoms with Gasteiger partial charge in [-0.05, 0) is 55.3 Å². The van der Waals surface area contributed by atoms with E-state index >= 15 is 0 Å². The van der Waals surface area contributed by atoms with Crippen LogP contribution < -0.4 is 0 Å². The first kappa shape index (κ1) is 31.0. The maximum absolute atomic E-state index is 14.2. The van der Waals surface area contributed by atoms with Crippen LogP contribution in [-0.4, -0.2) is 79.1 Å². The van der Waals surface area contributed by atoms with Gasteiger partial charge < -0.3 is 19.4 Å². The summed E-state index contributed by atoms with van der Waals surface area (Å²) in [6, 6.07) is 8.44. The lowest BCUT2D eigenvalue weighted by Gasteiger charge is -2.36. The Morgan fingerprint density at radius 3 is 2.00 bits per heavy atom. The maximum Gasteiger partial charge on any atom is 0.416 e. The third-order valence-corrected chi connectivity index (χ3v) is 8.23. The molecule has 12 heteroatoms. The van der Waals surface area contributed by atoms with Crippen LogP contribution in [-0.2, 0) is 27.0 Å². The number of amides is 3. The molecule has 0 radical (unpaired) electrons. The topological polar surface area (TPSA) is 53.1 Å². The number of halogens is 6. The summed E-state index contributed by atoms with van der Waals surface area (Å²) >= 11 is 6.08. The van der Waals surface area contributed by atoms with E-state index in [1.54, 1.807) is 21.9 Å². The highest BCUT2D eigenvalue weighted by molar-refractivity contribution is 6.30. The fourth-order valence-corrected chi connectivity index (χ4v) is 5.57. The van der Waals surface area contributed by atoms with Crippen molar-refractivity contribution in [2.75, 3.05) is 46.4 Å². The van der Waals surface area contributed by atoms with Crippen LogP contribution in [0.15, 0.2) is 42.5 Å². The number of nitrogens with zero attached hydrogens (tertiary/aromatic N) is 3. The molecule has 0 N–H and O–H groups in total. The second kappa shape index (κ2) is 11.4. The van der Waals surface area contributed by atoms with E-state index in [1.807, 2.05) is 12.1 Å². The summed E-state index contributed by atoms with van der Waals surface area (Å²) in [4.78, 5) is 32.1. The summed E-state index contributed by atoms with van der Waals surface area (Å²) in [5, 5.41) is 0.517. The molecule has 2 saturated heterocycles. The van der Waals surface area contributed by atoms with Crippen LogP contribution in [0.1, 0.15) is 48.9 Å². The van der Waals surface area contributed by atoms with Gasteiger partial charge in [0.15, 0.2) is 0 Å². The lowest BCUT2D eigenvalue weighted by molar-refractivity contribution is -0.139. The fraction of sp³-hybridized carbons (Fsp3) is 0.517. The molecule has 2 aliphatic rings. The van der Waals surface area contributed by atoms with Crippen LogP contribution in [0.3, 0.4) is 0 Å². The Morgan fingerprint density at radius 2 is 1.44 bits per heavy atom. The molecule has 0 aliphatic carbocycles. The third kappa shape index (κ3) is 6.61. The molecule has 41 heavy (non-hydrogen) atoms. The molecule has 2 heterocycles. The Hall–Kier alpha value is -2.92. The van der Waals surface area contributed by atoms with Crippen LogP contribution in [0.4, 0.5) is 26.7 Å². The van der Waals surface area contributed by atoms with Crippen LogP contribution in [0.5, 0.6) is 0 Å². The number of alkyl halides is 5. The van der Waals surface area contributed by atoms with E-state index in [0.29, 0.717) is 50.9 Å². The summed E-state index contributed by atoms with van der Waals surface area (Å²) in [5.41, 5.74) is -3.02. The highest BCUT2D eigenvalue weighted by atomic mass is 35.5. The lowest BCUT2D eigenvalue weighted by Crippen LogP contribution is -2.50. The summed E-state index contributed by atoms with van der Waals surface area (Å²) in [6.45, 7) is 5.56. The van der Waals surface area contributed by atoms with E-state index in [4.69, 9.17) is 16.3 Å². The highest BCUT2D eigenvalue weighted by Crippen LogP contribution is 2.40. The van der Waals surface area contributed by atoms with Crippen molar-refractivity contribution in [3.63, 3.8) is 0 Å². The molecule has 0 unspecified atom stereocenters. The van der Waals surface area contributed by atoms with Gasteiger partial charge in [-0.25, -0.2) is 13.6 Å². The highest BCUT2D eigenvalue weighted by Gasteiger charge is 2.45. The molecule has 0 aromatic heterocycles. The Balaban J connectivity index is 1.68. The molecule has 2 aromatic rings. The second-order valence-electron chi connectivity index (χ2n) is 11.2. The number of morpholine rings is 1. The number of hydrogen-bond donors (Lipinski definition) is 0. The Bertz CT molecular complexity index is 1240. The van der Waals surface area contributed by atoms with Gasteiger partial charge in [-0.1, -0.05) is 23.7 Å². The molecule has 4 rings (SSSR count). The Kier molecular flexibility index (Phi) is 8.62. The molecule has 2 fully saturated rings. The molecule has 2 atom stereocenters. The molecule has 0 bridgehead atoms. The molecule has 224 valence electrons. The first-order chi connectivity index (χ1) is 19.0. The summed E-state index contributed by atoms with van der Waals surface area (Å²) in [6.07, 6.45) is -4.88. The third-order valence-electron chi connectivity index (χ3n) is 7.98. The number of carbonyl (C=O) groups is 2. The molecular formula is C29H33ClF5N3O3. The summed E-state index contributed by atoms with van der Waals surface area (Å²) < 4.78 is 74.8. The Morgan fingerprint density at radius 1 is 0.878 bits per heavy atom. The van der Waals surface area contributed by atoms with Crippen molar-refractivity contribution < 1.29 is 36.3 Å². The number of urea groups is 1. The smallest absolute Gasteiger partial charge is 0.378 e. The molecule has 2 aromatic carbocycles. The minimum atomic E-state index is -4.88. The number of rotatable bonds is 5. The Labute approximate surface area is 241 Å². The zero-order valence-corrected chi connectivity index (χ0v) is 24.0. The van der Waals surface area contributed by atoms with Crippen molar-refractivity contribution in [1.29, 1.82) is 0 Å². The number of ether oxygens (including phenoxy) is 1. The van der Waals surface area contributed by atoms with Crippen molar-refractivity contribution in [3.05, 3.63) is 69.7 Å². The van der Waals surface area contributed by atoms with Crippen LogP contribution >= 0.6 is 11.6 Å². The fourth-order valence-electron chi connectivity index (χ4n) is 5.45. The minimum absolute atomic E-state index is 0.178. The van der Waals surface area contributed by atoms with Gasteiger partial charge in [-0.15, -0.1) is 0 Å². The van der Waals surface area contributed by atoms with Gasteiger partial charge in [0, 0.05) is 56.7 Å². The van der Waals surface area contributed by atoms with Crippen molar-refractivity contribution >= 4 is 23.5 Å². The predicted octanol–water partition coefficient (Wildman–Crippen LogP) is 6.13. The molecule has 3 amide bonds. The number of carbonyl (C=O) groups excluding carboxylic acids is 2. The van der Waals surface area contributed by atoms with Gasteiger partial charge in [0.1, 0.15) is 0 Å². The van der Waals surface area contributed by atoms with Crippen LogP contribution in [0.25, 0.3) is 0 Å². The van der Waals surface area contributed by atoms with Gasteiger partial charge in [0.25, 0.3) is 5.92 Å². The molecular weight excluding hydrogens is 569 g/mol. The normalized spacial score (nSPS) is 20.3. The predicted molar refractivity (Wildman–Crippen MR) is 144 cm³/mol. The standard InChI is InChI=1S/C29H33ClF5N3O3/c1-27(2,19-13-20(28(3,31)32)15-21(14-19)29(33,34)35)25(39)36(4)24-17-38(26(40)37-9-11-41-12-10-37)16-23(24)18-5-7-22(30)8-6-18/h5-8,13-15,23-24H,9-12,16-17H2,1-4H3/t23-,24+/m0/s1. The first-order valence-corrected chi connectivity index (χ1v) is 13.6. The van der Waals surface area contributed by atoms with Gasteiger partial charge in [-0.2, -0.15) is 13.2 Å². The number of benzene rings is 2. The maximum atomic E-state index is 14.2. The summed E-state index contributed by atoms with van der Waals surface area (Å²) in [7, 11) is 1.53. The quantitative estimate of drug-likeness (QED) is 0.388. The van der Waals surface area contributed by atoms with Crippen molar-refractivity contribution in [2.45, 2.75) is 50.2 Å². The van der Waals surface area contributed by atoms with E-state index in [1.165, 1.54) is 25.8 Å². The van der Waals surface area contributed by atoms with Gasteiger partial charge >= 0.3 is 12.2 Å². The van der Waals surface area contributed by atoms with Gasteiger partial charge in [0.05, 0.1) is 30.2 Å². The number of likely N-dealkylation sites (tertiary alicyclic amines) is 1. The van der Waals surface area contributed by atoms with Crippen molar-refractivity contribution in [2.24, 2.45) is 0 Å². The summed E-state index contributed by atoms with van der Waals surface area (Å²) in [5.74, 6) is -4.43. The first-order valence-electron chi connectivity index (χ1n) is 13.3. The van der Waals surface area contributed by atoms with E-state index in [-0.39, 0.29) is 24.1 Å². The number of hydrogen-bond acceptors (Lipinski definition) is 3. The molecule has 0 spiro atoms. The van der Waals surface area contributed by atoms with E-state index in [9.17, 15) is 31.5 Å². The number of likely N-dealkylation sites (N-methyl/N-ethyl adjacent to an activating group) is 1. The van der Waals surface area contributed by atoms with Crippen LogP contribution in [0.2, 0.25) is 5.02 Å². The molecule has 0 saturated carbocycles. The van der Waals surface area contributed by atoms with E-state index in [0.717, 1.165) is 17.7 Å². The monoisotopic (exact) mass is 601 g/mol.